The topological polar surface area (TPSA) is 22.1 Å². The van der Waals surface area contributed by atoms with E-state index in [0.29, 0.717) is 4.59 Å². The molecule has 0 aromatic carbocycles. The van der Waals surface area contributed by atoms with Gasteiger partial charge >= 0.3 is 0 Å². The van der Waals surface area contributed by atoms with E-state index >= 15 is 0 Å². The van der Waals surface area contributed by atoms with Gasteiger partial charge in [0.1, 0.15) is 0 Å². The van der Waals surface area contributed by atoms with Gasteiger partial charge in [0.2, 0.25) is 0 Å². The first-order valence-electron chi connectivity index (χ1n) is 4.52. The van der Waals surface area contributed by atoms with E-state index in [2.05, 4.69) is 12.1 Å². The predicted octanol–water partition coefficient (Wildman–Crippen LogP) is 0.0954. The highest BCUT2D eigenvalue weighted by Gasteiger charge is 2.14. The minimum absolute atomic E-state index is 0.311. The summed E-state index contributed by atoms with van der Waals surface area (Å²) in [5.74, 6) is 0.870. The normalized spacial score (nSPS) is 13.4. The Labute approximate surface area is 87.7 Å². The van der Waals surface area contributed by atoms with Gasteiger partial charge in [0.25, 0.3) is 5.96 Å². The van der Waals surface area contributed by atoms with Gasteiger partial charge < -0.3 is 9.49 Å². The molecule has 0 fully saturated rings. The van der Waals surface area contributed by atoms with E-state index in [4.69, 9.17) is 0 Å². The molecule has 0 heterocycles. The van der Waals surface area contributed by atoms with Crippen LogP contribution in [0.3, 0.4) is 0 Å². The van der Waals surface area contributed by atoms with Crippen molar-refractivity contribution in [3.05, 3.63) is 7.05 Å². The lowest BCUT2D eigenvalue weighted by Gasteiger charge is -2.34. The monoisotopic (exact) mass is 201 g/mol. The molecule has 0 radical (unpaired) electrons. The Kier molecular flexibility index (Phi) is 4.35. The first-order valence-corrected chi connectivity index (χ1v) is 4.52. The van der Waals surface area contributed by atoms with Crippen LogP contribution in [0.2, 0.25) is 0 Å². The number of nitrogens with zero attached hydrogens (tertiary/aromatic N) is 5. The molecule has 0 unspecified atom stereocenters. The maximum Gasteiger partial charge on any atom is 0.266 e. The summed E-state index contributed by atoms with van der Waals surface area (Å²) in [4.78, 5) is 1.96. The van der Waals surface area contributed by atoms with Crippen LogP contribution in [0.5, 0.6) is 0 Å². The van der Waals surface area contributed by atoms with Crippen molar-refractivity contribution < 1.29 is 4.59 Å². The number of hydrogen-bond donors (Lipinski definition) is 0. The lowest BCUT2D eigenvalue weighted by atomic mass is 10.7. The van der Waals surface area contributed by atoms with Gasteiger partial charge in [-0.25, -0.2) is 5.01 Å². The Balaban J connectivity index is 4.87. The average Bonchev–Trinajstić information content (AvgIpc) is 1.96. The highest BCUT2D eigenvalue weighted by atomic mass is 15.7. The molecule has 0 aliphatic heterocycles. The lowest BCUT2D eigenvalue weighted by Crippen LogP contribution is -2.47. The average molecular weight is 201 g/mol. The lowest BCUT2D eigenvalue weighted by molar-refractivity contribution is -0.852. The zero-order valence-corrected chi connectivity index (χ0v) is 10.4. The zero-order chi connectivity index (χ0) is 11.5. The van der Waals surface area contributed by atoms with Crippen molar-refractivity contribution in [1.82, 2.24) is 14.9 Å². The van der Waals surface area contributed by atoms with Crippen molar-refractivity contribution in [1.29, 1.82) is 0 Å². The van der Waals surface area contributed by atoms with Crippen LogP contribution in [-0.2, 0) is 0 Å². The molecule has 0 aromatic rings. The number of rotatable bonds is 2. The van der Waals surface area contributed by atoms with Crippen molar-refractivity contribution in [2.45, 2.75) is 0 Å². The SMILES string of the molecule is [CH2-][N+](C)(C)/N=C(/N(C)C)N(C)N(C)C. The summed E-state index contributed by atoms with van der Waals surface area (Å²) in [6.45, 7) is 0. The summed E-state index contributed by atoms with van der Waals surface area (Å²) in [5, 5.41) is 8.41. The summed E-state index contributed by atoms with van der Waals surface area (Å²) in [7, 11) is 17.6. The summed E-state index contributed by atoms with van der Waals surface area (Å²) in [5.41, 5.74) is 0. The molecule has 5 heteroatoms. The van der Waals surface area contributed by atoms with Crippen LogP contribution in [0.15, 0.2) is 5.10 Å². The molecule has 0 aromatic heterocycles. The highest BCUT2D eigenvalue weighted by Crippen LogP contribution is 2.01. The van der Waals surface area contributed by atoms with Gasteiger partial charge in [-0.1, -0.05) is 5.10 Å². The van der Waals surface area contributed by atoms with Crippen LogP contribution in [-0.4, -0.2) is 74.8 Å². The van der Waals surface area contributed by atoms with Crippen LogP contribution >= 0.6 is 0 Å². The number of quaternary nitrogens is 1. The van der Waals surface area contributed by atoms with Crippen LogP contribution in [0.25, 0.3) is 0 Å². The highest BCUT2D eigenvalue weighted by molar-refractivity contribution is 5.78. The third-order valence-electron chi connectivity index (χ3n) is 1.65. The Morgan fingerprint density at radius 1 is 1.07 bits per heavy atom. The Morgan fingerprint density at radius 2 is 1.50 bits per heavy atom. The van der Waals surface area contributed by atoms with Gasteiger partial charge in [-0.15, -0.1) is 7.05 Å². The van der Waals surface area contributed by atoms with E-state index in [-0.39, 0.29) is 0 Å². The molecule has 0 N–H and O–H groups in total. The van der Waals surface area contributed by atoms with Crippen molar-refractivity contribution >= 4 is 5.96 Å². The molecular weight excluding hydrogens is 178 g/mol. The fourth-order valence-electron chi connectivity index (χ4n) is 0.865. The first kappa shape index (κ1) is 13.2. The van der Waals surface area contributed by atoms with Crippen molar-refractivity contribution in [3.63, 3.8) is 0 Å². The van der Waals surface area contributed by atoms with E-state index < -0.39 is 0 Å². The molecule has 5 nitrogen and oxygen atoms in total. The van der Waals surface area contributed by atoms with Gasteiger partial charge in [0, 0.05) is 35.2 Å². The zero-order valence-electron chi connectivity index (χ0n) is 10.4. The molecule has 84 valence electrons. The largest absolute Gasteiger partial charge is 0.343 e. The van der Waals surface area contributed by atoms with E-state index in [1.807, 2.05) is 64.3 Å². The summed E-state index contributed by atoms with van der Waals surface area (Å²) in [6, 6.07) is 0. The molecule has 14 heavy (non-hydrogen) atoms. The molecule has 0 bridgehead atoms. The van der Waals surface area contributed by atoms with Crippen LogP contribution in [0.4, 0.5) is 0 Å². The van der Waals surface area contributed by atoms with Gasteiger partial charge in [-0.05, 0) is 0 Å². The smallest absolute Gasteiger partial charge is 0.266 e. The minimum Gasteiger partial charge on any atom is -0.343 e. The molecule has 0 rings (SSSR count). The molecule has 0 saturated heterocycles. The molecule has 0 aliphatic rings. The van der Waals surface area contributed by atoms with Gasteiger partial charge in [0.05, 0.1) is 14.1 Å². The number of hydrogen-bond acceptors (Lipinski definition) is 2. The Bertz CT molecular complexity index is 202. The van der Waals surface area contributed by atoms with E-state index in [1.54, 1.807) is 0 Å². The second kappa shape index (κ2) is 4.61. The number of guanidine groups is 1. The first-order chi connectivity index (χ1) is 6.15. The molecule has 0 saturated carbocycles. The second-order valence-corrected chi connectivity index (χ2v) is 4.29. The second-order valence-electron chi connectivity index (χ2n) is 4.29. The van der Waals surface area contributed by atoms with E-state index in [0.717, 1.165) is 5.96 Å². The molecule has 0 spiro atoms. The van der Waals surface area contributed by atoms with Crippen LogP contribution < -0.4 is 0 Å². The van der Waals surface area contributed by atoms with Crippen molar-refractivity contribution in [3.8, 4) is 0 Å². The summed E-state index contributed by atoms with van der Waals surface area (Å²) >= 11 is 0. The van der Waals surface area contributed by atoms with E-state index in [9.17, 15) is 0 Å². The molecule has 0 aliphatic carbocycles. The molecule has 0 amide bonds. The molecule has 0 atom stereocenters. The Morgan fingerprint density at radius 3 is 1.71 bits per heavy atom. The van der Waals surface area contributed by atoms with Gasteiger partial charge in [-0.3, -0.25) is 5.01 Å². The van der Waals surface area contributed by atoms with Crippen LogP contribution in [0.1, 0.15) is 0 Å². The third-order valence-corrected chi connectivity index (χ3v) is 1.65. The number of hydrazine groups is 1. The fourth-order valence-corrected chi connectivity index (χ4v) is 0.865. The summed E-state index contributed by atoms with van der Waals surface area (Å²) < 4.78 is 0.311. The summed E-state index contributed by atoms with van der Waals surface area (Å²) in [6.07, 6.45) is 0. The Hall–Kier alpha value is -0.810. The maximum absolute atomic E-state index is 4.48. The molecular formula is C9H23N5. The predicted molar refractivity (Wildman–Crippen MR) is 60.0 cm³/mol. The standard InChI is InChI=1S/C9H23N5/c1-11(2)9(10-14(6,7)8)13(5)12(3)4/h6H2,1-5,7-8H3/b10-9-. The van der Waals surface area contributed by atoms with Gasteiger partial charge in [-0.2, -0.15) is 0 Å². The van der Waals surface area contributed by atoms with E-state index in [1.165, 1.54) is 0 Å². The van der Waals surface area contributed by atoms with Crippen LogP contribution in [0, 0.1) is 7.05 Å². The fraction of sp³-hybridized carbons (Fsp3) is 0.778. The third kappa shape index (κ3) is 4.43. The minimum atomic E-state index is 0.311. The van der Waals surface area contributed by atoms with Crippen molar-refractivity contribution in [2.75, 3.05) is 49.3 Å². The van der Waals surface area contributed by atoms with Gasteiger partial charge in [0.15, 0.2) is 0 Å². The quantitative estimate of drug-likeness (QED) is 0.208. The van der Waals surface area contributed by atoms with Crippen molar-refractivity contribution in [2.24, 2.45) is 5.10 Å². The maximum atomic E-state index is 4.48.